The predicted molar refractivity (Wildman–Crippen MR) is 221 cm³/mol. The molecular weight excluding hydrogens is 790 g/mol. The van der Waals surface area contributed by atoms with Gasteiger partial charge in [-0.15, -0.1) is 0 Å². The molecule has 3 atom stereocenters. The molecule has 0 spiro atoms. The van der Waals surface area contributed by atoms with Gasteiger partial charge in [0, 0.05) is 99.9 Å². The molecule has 2 aromatic heterocycles. The van der Waals surface area contributed by atoms with Crippen molar-refractivity contribution in [1.82, 2.24) is 40.2 Å². The molecule has 0 bridgehead atoms. The summed E-state index contributed by atoms with van der Waals surface area (Å²) < 4.78 is 52.5. The molecule has 14 nitrogen and oxygen atoms in total. The molecule has 1 aliphatic carbocycles. The molecule has 322 valence electrons. The van der Waals surface area contributed by atoms with Crippen LogP contribution in [-0.4, -0.2) is 136 Å². The largest absolute Gasteiger partial charge is 0.484 e. The molecule has 6 aliphatic rings. The Bertz CT molecular complexity index is 2360. The lowest BCUT2D eigenvalue weighted by atomic mass is 9.91. The first-order valence-electron chi connectivity index (χ1n) is 21.7. The van der Waals surface area contributed by atoms with E-state index in [1.165, 1.54) is 11.0 Å². The van der Waals surface area contributed by atoms with Gasteiger partial charge in [0.1, 0.15) is 35.7 Å². The number of ether oxygens (including phenoxy) is 1. The Labute approximate surface area is 351 Å². The third-order valence-electron chi connectivity index (χ3n) is 13.9. The first-order chi connectivity index (χ1) is 29.5. The second kappa shape index (κ2) is 15.9. The number of amides is 3. The number of carbonyl (C=O) groups excluding carboxylic acids is 3. The molecule has 2 N–H and O–H groups in total. The molecule has 2 aromatic carbocycles. The van der Waals surface area contributed by atoms with E-state index in [1.807, 2.05) is 17.9 Å². The standard InChI is InChI=1S/C44H51F3N10O4/c1-44(9-10-44)61-37-18-29-33(19-31(37)45)51-52-41(29)34-20-38(49-25-48-34)56-12-6-26(7-13-56)21-54-11-8-27(32(46)24-54)22-53-14-16-55(17-15-53)35-3-2-28-30(40(35)47)23-57(43(28)60)36-4-5-39(58)50-42(36)59/h2-3,18-20,25-27,32,36H,4-17,21-24H2,1H3,(H,51,52)(H,50,58,59)/t27-,32-,36?/m0/s1. The van der Waals surface area contributed by atoms with E-state index >= 15 is 8.78 Å². The minimum Gasteiger partial charge on any atom is -0.484 e. The van der Waals surface area contributed by atoms with Gasteiger partial charge in [0.2, 0.25) is 11.8 Å². The van der Waals surface area contributed by atoms with Gasteiger partial charge in [-0.2, -0.15) is 5.10 Å². The highest BCUT2D eigenvalue weighted by molar-refractivity contribution is 6.05. The number of halogens is 3. The topological polar surface area (TPSA) is 143 Å². The van der Waals surface area contributed by atoms with Crippen LogP contribution in [-0.2, 0) is 16.1 Å². The van der Waals surface area contributed by atoms with Crippen LogP contribution in [0.2, 0.25) is 0 Å². The Morgan fingerprint density at radius 1 is 0.885 bits per heavy atom. The zero-order valence-corrected chi connectivity index (χ0v) is 34.3. The van der Waals surface area contributed by atoms with E-state index < -0.39 is 35.7 Å². The van der Waals surface area contributed by atoms with E-state index in [0.717, 1.165) is 69.5 Å². The Kier molecular flexibility index (Phi) is 10.4. The summed E-state index contributed by atoms with van der Waals surface area (Å²) in [6.07, 6.45) is 5.55. The number of likely N-dealkylation sites (tertiary alicyclic amines) is 1. The first kappa shape index (κ1) is 39.8. The number of piperazine rings is 1. The maximum atomic E-state index is 16.0. The van der Waals surface area contributed by atoms with Crippen LogP contribution in [0.15, 0.2) is 36.7 Å². The number of aromatic nitrogens is 4. The number of nitrogens with zero attached hydrogens (tertiary/aromatic N) is 8. The van der Waals surface area contributed by atoms with Crippen LogP contribution in [0.3, 0.4) is 0 Å². The van der Waals surface area contributed by atoms with Crippen molar-refractivity contribution in [3.8, 4) is 17.1 Å². The zero-order valence-electron chi connectivity index (χ0n) is 34.3. The van der Waals surface area contributed by atoms with Gasteiger partial charge in [-0.3, -0.25) is 29.7 Å². The number of hydrogen-bond acceptors (Lipinski definition) is 11. The smallest absolute Gasteiger partial charge is 0.255 e. The monoisotopic (exact) mass is 840 g/mol. The van der Waals surface area contributed by atoms with Crippen LogP contribution >= 0.6 is 0 Å². The number of rotatable bonds is 10. The second-order valence-electron chi connectivity index (χ2n) is 18.1. The quantitative estimate of drug-likeness (QED) is 0.215. The summed E-state index contributed by atoms with van der Waals surface area (Å²) in [5, 5.41) is 10.4. The van der Waals surface area contributed by atoms with Gasteiger partial charge in [0.05, 0.1) is 23.4 Å². The van der Waals surface area contributed by atoms with Crippen LogP contribution in [0.25, 0.3) is 22.3 Å². The number of aromatic amines is 1. The number of nitrogens with one attached hydrogen (secondary N) is 2. The van der Waals surface area contributed by atoms with Crippen molar-refractivity contribution in [1.29, 1.82) is 0 Å². The molecule has 7 heterocycles. The Hall–Kier alpha value is -5.29. The van der Waals surface area contributed by atoms with Crippen molar-refractivity contribution >= 4 is 40.1 Å². The molecule has 1 unspecified atom stereocenters. The molecule has 0 radical (unpaired) electrons. The van der Waals surface area contributed by atoms with E-state index in [-0.39, 0.29) is 53.7 Å². The summed E-state index contributed by atoms with van der Waals surface area (Å²) in [5.41, 5.74) is 2.53. The maximum Gasteiger partial charge on any atom is 0.255 e. The highest BCUT2D eigenvalue weighted by Crippen LogP contribution is 2.42. The molecule has 5 aliphatic heterocycles. The number of benzene rings is 2. The normalized spacial score (nSPS) is 25.0. The van der Waals surface area contributed by atoms with Gasteiger partial charge in [-0.05, 0) is 76.1 Å². The number of alkyl halides is 1. The van der Waals surface area contributed by atoms with Gasteiger partial charge < -0.3 is 24.3 Å². The van der Waals surface area contributed by atoms with Crippen LogP contribution < -0.4 is 19.9 Å². The van der Waals surface area contributed by atoms with E-state index in [0.29, 0.717) is 67.8 Å². The number of imide groups is 1. The molecule has 10 rings (SSSR count). The average Bonchev–Trinajstić information content (AvgIpc) is 3.69. The lowest BCUT2D eigenvalue weighted by Gasteiger charge is -2.42. The van der Waals surface area contributed by atoms with E-state index in [2.05, 4.69) is 40.2 Å². The van der Waals surface area contributed by atoms with Crippen LogP contribution in [0.5, 0.6) is 5.75 Å². The van der Waals surface area contributed by atoms with E-state index in [9.17, 15) is 18.8 Å². The molecule has 4 aromatic rings. The SMILES string of the molecule is CC1(Oc2cc3c(-c4cc(N5CCC(CN6CC[C@@H](CN7CCN(c8ccc9c(c8F)CN(C8CCC(=O)NC8=O)C9=O)CC7)[C@@H](F)C6)CC5)ncn4)n[nH]c3cc2F)CC1. The number of fused-ring (bicyclic) bond motifs is 2. The summed E-state index contributed by atoms with van der Waals surface area (Å²) in [4.78, 5) is 56.5. The fourth-order valence-corrected chi connectivity index (χ4v) is 9.92. The van der Waals surface area contributed by atoms with E-state index in [4.69, 9.17) is 4.74 Å². The van der Waals surface area contributed by atoms with Gasteiger partial charge in [0.15, 0.2) is 17.4 Å². The second-order valence-corrected chi connectivity index (χ2v) is 18.1. The molecule has 17 heteroatoms. The average molecular weight is 841 g/mol. The number of anilines is 2. The summed E-state index contributed by atoms with van der Waals surface area (Å²) in [6, 6.07) is 7.57. The molecule has 3 amide bonds. The fourth-order valence-electron chi connectivity index (χ4n) is 9.92. The van der Waals surface area contributed by atoms with Gasteiger partial charge in [0.25, 0.3) is 5.91 Å². The van der Waals surface area contributed by atoms with Crippen molar-refractivity contribution < 1.29 is 32.3 Å². The van der Waals surface area contributed by atoms with Crippen LogP contribution in [0.4, 0.5) is 24.7 Å². The Morgan fingerprint density at radius 2 is 1.69 bits per heavy atom. The summed E-state index contributed by atoms with van der Waals surface area (Å²) in [5.74, 6) is -0.685. The Balaban J connectivity index is 0.683. The predicted octanol–water partition coefficient (Wildman–Crippen LogP) is 4.69. The summed E-state index contributed by atoms with van der Waals surface area (Å²) in [6.45, 7) is 9.03. The minimum absolute atomic E-state index is 0.00627. The fraction of sp³-hybridized carbons (Fsp3) is 0.545. The Morgan fingerprint density at radius 3 is 2.44 bits per heavy atom. The van der Waals surface area contributed by atoms with Crippen molar-refractivity contribution in [2.45, 2.75) is 76.2 Å². The van der Waals surface area contributed by atoms with Crippen molar-refractivity contribution in [3.05, 3.63) is 59.4 Å². The summed E-state index contributed by atoms with van der Waals surface area (Å²) in [7, 11) is 0. The van der Waals surface area contributed by atoms with Gasteiger partial charge >= 0.3 is 0 Å². The number of piperidine rings is 3. The highest BCUT2D eigenvalue weighted by atomic mass is 19.1. The van der Waals surface area contributed by atoms with Crippen LogP contribution in [0, 0.1) is 23.5 Å². The van der Waals surface area contributed by atoms with Crippen molar-refractivity contribution in [2.24, 2.45) is 11.8 Å². The van der Waals surface area contributed by atoms with Crippen molar-refractivity contribution in [3.63, 3.8) is 0 Å². The number of hydrogen-bond donors (Lipinski definition) is 2. The van der Waals surface area contributed by atoms with Crippen LogP contribution in [0.1, 0.15) is 67.8 Å². The first-order valence-corrected chi connectivity index (χ1v) is 21.7. The lowest BCUT2D eigenvalue weighted by molar-refractivity contribution is -0.136. The highest BCUT2D eigenvalue weighted by Gasteiger charge is 2.42. The van der Waals surface area contributed by atoms with Gasteiger partial charge in [-0.25, -0.2) is 23.1 Å². The van der Waals surface area contributed by atoms with Crippen molar-refractivity contribution in [2.75, 3.05) is 75.2 Å². The lowest BCUT2D eigenvalue weighted by Crippen LogP contribution is -2.52. The molecule has 61 heavy (non-hydrogen) atoms. The minimum atomic E-state index is -0.917. The van der Waals surface area contributed by atoms with E-state index in [1.54, 1.807) is 24.5 Å². The molecular formula is C44H51F3N10O4. The third kappa shape index (κ3) is 7.90. The molecule has 4 saturated heterocycles. The van der Waals surface area contributed by atoms with Gasteiger partial charge in [-0.1, -0.05) is 0 Å². The summed E-state index contributed by atoms with van der Waals surface area (Å²) >= 11 is 0. The molecule has 5 fully saturated rings. The maximum absolute atomic E-state index is 16.0. The zero-order chi connectivity index (χ0) is 42.0. The molecule has 1 saturated carbocycles. The third-order valence-corrected chi connectivity index (χ3v) is 13.9. The number of carbonyl (C=O) groups is 3. The number of H-pyrrole nitrogens is 1.